The van der Waals surface area contributed by atoms with Gasteiger partial charge in [-0.1, -0.05) is 12.1 Å². The molecule has 0 saturated carbocycles. The van der Waals surface area contributed by atoms with Gasteiger partial charge in [-0.25, -0.2) is 0 Å². The summed E-state index contributed by atoms with van der Waals surface area (Å²) in [4.78, 5) is 13.3. The topological polar surface area (TPSA) is 62.1 Å². The SMILES string of the molecule is CC(C)(C)OC(=O)C(C)(C)Sc1ccc(CNCC#N)cc1. The molecule has 1 aromatic rings. The lowest BCUT2D eigenvalue weighted by Crippen LogP contribution is -2.36. The summed E-state index contributed by atoms with van der Waals surface area (Å²) in [5, 5.41) is 11.5. The molecule has 0 amide bonds. The number of rotatable bonds is 6. The van der Waals surface area contributed by atoms with Gasteiger partial charge in [0.25, 0.3) is 0 Å². The van der Waals surface area contributed by atoms with Crippen LogP contribution in [0.4, 0.5) is 0 Å². The van der Waals surface area contributed by atoms with Crippen molar-refractivity contribution in [3.8, 4) is 6.07 Å². The smallest absolute Gasteiger partial charge is 0.322 e. The van der Waals surface area contributed by atoms with Crippen LogP contribution >= 0.6 is 11.8 Å². The monoisotopic (exact) mass is 320 g/mol. The van der Waals surface area contributed by atoms with Gasteiger partial charge in [0.1, 0.15) is 10.3 Å². The summed E-state index contributed by atoms with van der Waals surface area (Å²) in [7, 11) is 0. The van der Waals surface area contributed by atoms with Crippen LogP contribution < -0.4 is 5.32 Å². The Morgan fingerprint density at radius 3 is 2.32 bits per heavy atom. The van der Waals surface area contributed by atoms with Crippen LogP contribution in [0.2, 0.25) is 0 Å². The molecule has 0 atom stereocenters. The highest BCUT2D eigenvalue weighted by molar-refractivity contribution is 8.01. The van der Waals surface area contributed by atoms with E-state index in [2.05, 4.69) is 5.32 Å². The summed E-state index contributed by atoms with van der Waals surface area (Å²) in [6.07, 6.45) is 0. The Morgan fingerprint density at radius 2 is 1.82 bits per heavy atom. The number of nitrogens with zero attached hydrogens (tertiary/aromatic N) is 1. The van der Waals surface area contributed by atoms with Gasteiger partial charge >= 0.3 is 5.97 Å². The van der Waals surface area contributed by atoms with Crippen LogP contribution in [0.15, 0.2) is 29.2 Å². The van der Waals surface area contributed by atoms with Crippen LogP contribution in [-0.4, -0.2) is 22.9 Å². The summed E-state index contributed by atoms with van der Waals surface area (Å²) in [5.41, 5.74) is 0.625. The summed E-state index contributed by atoms with van der Waals surface area (Å²) in [6, 6.07) is 10.0. The maximum atomic E-state index is 12.2. The highest BCUT2D eigenvalue weighted by atomic mass is 32.2. The Morgan fingerprint density at radius 1 is 1.23 bits per heavy atom. The van der Waals surface area contributed by atoms with Crippen molar-refractivity contribution >= 4 is 17.7 Å². The van der Waals surface area contributed by atoms with Gasteiger partial charge in [0.05, 0.1) is 12.6 Å². The summed E-state index contributed by atoms with van der Waals surface area (Å²) in [5.74, 6) is -0.218. The molecule has 0 unspecified atom stereocenters. The molecule has 0 spiro atoms. The van der Waals surface area contributed by atoms with Gasteiger partial charge in [0, 0.05) is 11.4 Å². The van der Waals surface area contributed by atoms with Crippen molar-refractivity contribution in [3.63, 3.8) is 0 Å². The second-order valence-electron chi connectivity index (χ2n) is 6.52. The number of hydrogen-bond donors (Lipinski definition) is 1. The molecule has 0 saturated heterocycles. The highest BCUT2D eigenvalue weighted by Gasteiger charge is 2.33. The normalized spacial score (nSPS) is 11.8. The van der Waals surface area contributed by atoms with Crippen LogP contribution in [0.25, 0.3) is 0 Å². The van der Waals surface area contributed by atoms with Gasteiger partial charge in [-0.15, -0.1) is 11.8 Å². The Labute approximate surface area is 137 Å². The number of esters is 1. The fraction of sp³-hybridized carbons (Fsp3) is 0.529. The Balaban J connectivity index is 2.65. The minimum Gasteiger partial charge on any atom is -0.459 e. The zero-order valence-corrected chi connectivity index (χ0v) is 14.7. The van der Waals surface area contributed by atoms with Gasteiger partial charge in [-0.05, 0) is 52.3 Å². The Bertz CT molecular complexity index is 539. The molecule has 1 N–H and O–H groups in total. The van der Waals surface area contributed by atoms with Crippen molar-refractivity contribution in [2.24, 2.45) is 0 Å². The van der Waals surface area contributed by atoms with E-state index in [-0.39, 0.29) is 5.97 Å². The quantitative estimate of drug-likeness (QED) is 0.376. The molecule has 0 radical (unpaired) electrons. The second kappa shape index (κ2) is 7.66. The predicted octanol–water partition coefficient (Wildman–Crippen LogP) is 3.51. The van der Waals surface area contributed by atoms with Gasteiger partial charge in [0.15, 0.2) is 0 Å². The highest BCUT2D eigenvalue weighted by Crippen LogP contribution is 2.34. The summed E-state index contributed by atoms with van der Waals surface area (Å²) in [6.45, 7) is 10.3. The van der Waals surface area contributed by atoms with Crippen LogP contribution in [0.5, 0.6) is 0 Å². The van der Waals surface area contributed by atoms with E-state index in [1.807, 2.05) is 65.0 Å². The molecule has 0 fully saturated rings. The predicted molar refractivity (Wildman–Crippen MR) is 89.5 cm³/mol. The first kappa shape index (κ1) is 18.5. The molecule has 1 rings (SSSR count). The molecule has 0 aromatic heterocycles. The van der Waals surface area contributed by atoms with Crippen molar-refractivity contribution in [1.82, 2.24) is 5.32 Å². The molecule has 0 aliphatic heterocycles. The van der Waals surface area contributed by atoms with E-state index in [9.17, 15) is 4.79 Å². The van der Waals surface area contributed by atoms with Gasteiger partial charge in [0.2, 0.25) is 0 Å². The molecule has 5 heteroatoms. The third kappa shape index (κ3) is 6.50. The number of carbonyl (C=O) groups is 1. The number of thioether (sulfide) groups is 1. The van der Waals surface area contributed by atoms with Crippen LogP contribution in [0, 0.1) is 11.3 Å². The molecule has 1 aromatic carbocycles. The number of nitriles is 1. The molecule has 0 aliphatic carbocycles. The number of hydrogen-bond acceptors (Lipinski definition) is 5. The molecule has 0 aliphatic rings. The third-order valence-electron chi connectivity index (χ3n) is 2.72. The lowest BCUT2D eigenvalue weighted by Gasteiger charge is -2.28. The van der Waals surface area contributed by atoms with Crippen LogP contribution in [0.1, 0.15) is 40.2 Å². The van der Waals surface area contributed by atoms with Crippen molar-refractivity contribution < 1.29 is 9.53 Å². The van der Waals surface area contributed by atoms with E-state index in [0.717, 1.165) is 10.5 Å². The van der Waals surface area contributed by atoms with E-state index in [0.29, 0.717) is 13.1 Å². The summed E-state index contributed by atoms with van der Waals surface area (Å²) >= 11 is 1.48. The van der Waals surface area contributed by atoms with Crippen molar-refractivity contribution in [2.75, 3.05) is 6.54 Å². The first-order valence-electron chi connectivity index (χ1n) is 7.23. The average Bonchev–Trinajstić information content (AvgIpc) is 2.39. The molecule has 0 bridgehead atoms. The lowest BCUT2D eigenvalue weighted by molar-refractivity contribution is -0.156. The number of ether oxygens (including phenoxy) is 1. The van der Waals surface area contributed by atoms with Crippen molar-refractivity contribution in [1.29, 1.82) is 5.26 Å². The molecular weight excluding hydrogens is 296 g/mol. The third-order valence-corrected chi connectivity index (χ3v) is 3.90. The molecule has 4 nitrogen and oxygen atoms in total. The van der Waals surface area contributed by atoms with E-state index in [1.165, 1.54) is 11.8 Å². The number of nitrogens with one attached hydrogen (secondary N) is 1. The minimum atomic E-state index is -0.645. The standard InChI is InChI=1S/C17H24N2O2S/c1-16(2,3)21-15(20)17(4,5)22-14-8-6-13(7-9-14)12-19-11-10-18/h6-9,19H,11-12H2,1-5H3. The molecule has 22 heavy (non-hydrogen) atoms. The average molecular weight is 320 g/mol. The largest absolute Gasteiger partial charge is 0.459 e. The zero-order chi connectivity index (χ0) is 16.8. The Hall–Kier alpha value is -1.51. The van der Waals surface area contributed by atoms with Gasteiger partial charge in [-0.2, -0.15) is 5.26 Å². The van der Waals surface area contributed by atoms with Gasteiger partial charge in [-0.3, -0.25) is 4.79 Å². The van der Waals surface area contributed by atoms with Gasteiger partial charge < -0.3 is 10.1 Å². The van der Waals surface area contributed by atoms with Crippen molar-refractivity contribution in [3.05, 3.63) is 29.8 Å². The number of carbonyl (C=O) groups excluding carboxylic acids is 1. The van der Waals surface area contributed by atoms with E-state index in [4.69, 9.17) is 10.00 Å². The second-order valence-corrected chi connectivity index (χ2v) is 8.22. The maximum Gasteiger partial charge on any atom is 0.322 e. The minimum absolute atomic E-state index is 0.218. The fourth-order valence-electron chi connectivity index (χ4n) is 1.68. The first-order chi connectivity index (χ1) is 10.1. The summed E-state index contributed by atoms with van der Waals surface area (Å²) < 4.78 is 4.82. The lowest BCUT2D eigenvalue weighted by atomic mass is 10.1. The van der Waals surface area contributed by atoms with Crippen molar-refractivity contribution in [2.45, 2.75) is 56.4 Å². The molecule has 0 heterocycles. The number of benzene rings is 1. The maximum absolute atomic E-state index is 12.2. The van der Waals surface area contributed by atoms with Crippen LogP contribution in [0.3, 0.4) is 0 Å². The fourth-order valence-corrected chi connectivity index (χ4v) is 2.66. The van der Waals surface area contributed by atoms with E-state index in [1.54, 1.807) is 0 Å². The first-order valence-corrected chi connectivity index (χ1v) is 8.05. The van der Waals surface area contributed by atoms with E-state index >= 15 is 0 Å². The van der Waals surface area contributed by atoms with Crippen LogP contribution in [-0.2, 0) is 16.1 Å². The van der Waals surface area contributed by atoms with E-state index < -0.39 is 10.3 Å². The molecular formula is C17H24N2O2S. The zero-order valence-electron chi connectivity index (χ0n) is 13.9. The Kier molecular flexibility index (Phi) is 6.46. The molecule has 120 valence electrons.